The number of likely N-dealkylation sites (tertiary alicyclic amines) is 1. The molecule has 0 aromatic heterocycles. The van der Waals surface area contributed by atoms with Crippen LogP contribution < -0.4 is 15.9 Å². The van der Waals surface area contributed by atoms with Crippen molar-refractivity contribution in [1.29, 1.82) is 0 Å². The molecule has 1 aliphatic rings. The van der Waals surface area contributed by atoms with Crippen molar-refractivity contribution in [3.05, 3.63) is 171 Å². The molecule has 1 amide bonds. The second-order valence-corrected chi connectivity index (χ2v) is 19.0. The Morgan fingerprint density at radius 2 is 1.14 bits per heavy atom. The van der Waals surface area contributed by atoms with Gasteiger partial charge in [0.05, 0.1) is 0 Å². The third-order valence-corrected chi connectivity index (χ3v) is 17.2. The fourth-order valence-corrected chi connectivity index (χ4v) is 14.2. The predicted octanol–water partition coefficient (Wildman–Crippen LogP) is 6.97. The normalized spacial score (nSPS) is 17.5. The average molecular weight is 808 g/mol. The monoisotopic (exact) mass is 807 g/mol. The van der Waals surface area contributed by atoms with Gasteiger partial charge in [-0.1, -0.05) is 6.07 Å². The number of hydrogen-bond donors (Lipinski definition) is 1. The minimum atomic E-state index is -4.77. The fraction of sp³-hybridized carbons (Fsp3) is 0.233. The Morgan fingerprint density at radius 3 is 1.57 bits per heavy atom. The van der Waals surface area contributed by atoms with E-state index in [1.54, 1.807) is 78.6 Å². The SMILES string of the molecule is C[C@@H](OC(=O)OCc1ccccc1[N+](=O)[O-])C1C(=O)N(CP(C(=O)OCc2ccccc2[N+](=O)[O-])(c2ccccc2)(c2ccccc2)c2ccccc2)C1(C)CCO. The van der Waals surface area contributed by atoms with Crippen molar-refractivity contribution in [2.75, 3.05) is 12.9 Å². The van der Waals surface area contributed by atoms with Gasteiger partial charge >= 0.3 is 319 Å². The number of carbonyl (C=O) groups excluding carboxylic acids is 3. The number of carbonyl (C=O) groups is 3. The zero-order valence-corrected chi connectivity index (χ0v) is 32.7. The van der Waals surface area contributed by atoms with E-state index in [0.29, 0.717) is 15.9 Å². The molecule has 58 heavy (non-hydrogen) atoms. The maximum atomic E-state index is 15.8. The molecular formula is C43H42N3O11P. The summed E-state index contributed by atoms with van der Waals surface area (Å²) < 4.78 is 17.2. The summed E-state index contributed by atoms with van der Waals surface area (Å²) in [4.78, 5) is 67.4. The number of nitro benzene ring substituents is 2. The molecule has 0 spiro atoms. The van der Waals surface area contributed by atoms with Gasteiger partial charge < -0.3 is 0 Å². The number of aliphatic hydroxyl groups excluding tert-OH is 1. The molecule has 0 bridgehead atoms. The number of nitrogens with zero attached hydrogens (tertiary/aromatic N) is 3. The second kappa shape index (κ2) is 16.9. The molecule has 1 N–H and O–H groups in total. The van der Waals surface area contributed by atoms with Crippen molar-refractivity contribution in [3.63, 3.8) is 0 Å². The van der Waals surface area contributed by atoms with Crippen LogP contribution in [0.15, 0.2) is 140 Å². The van der Waals surface area contributed by atoms with E-state index < -0.39 is 65.0 Å². The van der Waals surface area contributed by atoms with Crippen LogP contribution in [0.3, 0.4) is 0 Å². The molecule has 3 atom stereocenters. The van der Waals surface area contributed by atoms with Gasteiger partial charge in [0.25, 0.3) is 0 Å². The first-order chi connectivity index (χ1) is 27.9. The molecule has 15 heteroatoms. The summed E-state index contributed by atoms with van der Waals surface area (Å²) in [6, 6.07) is 38.8. The van der Waals surface area contributed by atoms with Gasteiger partial charge in [-0.3, -0.25) is 10.1 Å². The van der Waals surface area contributed by atoms with Crippen LogP contribution in [0.2, 0.25) is 0 Å². The summed E-state index contributed by atoms with van der Waals surface area (Å²) in [5.41, 5.74) is -2.03. The van der Waals surface area contributed by atoms with E-state index >= 15 is 4.79 Å². The molecule has 14 nitrogen and oxygen atoms in total. The quantitative estimate of drug-likeness (QED) is 0.0357. The summed E-state index contributed by atoms with van der Waals surface area (Å²) in [6.45, 7) is -2.76. The summed E-state index contributed by atoms with van der Waals surface area (Å²) in [6.07, 6.45) is -2.46. The van der Waals surface area contributed by atoms with Crippen LogP contribution in [0.4, 0.5) is 21.0 Å². The molecule has 300 valence electrons. The first kappa shape index (κ1) is 41.1. The van der Waals surface area contributed by atoms with Gasteiger partial charge in [-0.25, -0.2) is 0 Å². The Labute approximate surface area is 334 Å². The number of rotatable bonds is 16. The molecule has 1 heterocycles. The van der Waals surface area contributed by atoms with E-state index in [4.69, 9.17) is 14.2 Å². The molecule has 1 fully saturated rings. The zero-order valence-electron chi connectivity index (χ0n) is 31.8. The minimum absolute atomic E-state index is 0.0263. The molecule has 0 radical (unpaired) electrons. The molecule has 0 aliphatic carbocycles. The van der Waals surface area contributed by atoms with Gasteiger partial charge in [-0.05, 0) is 0 Å². The van der Waals surface area contributed by atoms with Crippen LogP contribution >= 0.6 is 6.60 Å². The van der Waals surface area contributed by atoms with E-state index in [1.807, 2.05) is 36.4 Å². The third-order valence-electron chi connectivity index (χ3n) is 11.1. The topological polar surface area (TPSA) is 189 Å². The van der Waals surface area contributed by atoms with Gasteiger partial charge in [0.15, 0.2) is 0 Å². The Hall–Kier alpha value is -6.50. The molecule has 5 aromatic carbocycles. The summed E-state index contributed by atoms with van der Waals surface area (Å²) in [7, 11) is 0. The first-order valence-corrected chi connectivity index (χ1v) is 20.9. The van der Waals surface area contributed by atoms with Gasteiger partial charge in [0.2, 0.25) is 0 Å². The first-order valence-electron chi connectivity index (χ1n) is 18.4. The Kier molecular flexibility index (Phi) is 12.0. The number of benzene rings is 5. The van der Waals surface area contributed by atoms with E-state index in [1.165, 1.54) is 43.3 Å². The van der Waals surface area contributed by atoms with Gasteiger partial charge in [-0.15, -0.1) is 0 Å². The predicted molar refractivity (Wildman–Crippen MR) is 218 cm³/mol. The maximum absolute atomic E-state index is 15.8. The summed E-state index contributed by atoms with van der Waals surface area (Å²) in [5.74, 6) is -1.48. The van der Waals surface area contributed by atoms with Crippen LogP contribution in [-0.2, 0) is 32.2 Å². The van der Waals surface area contributed by atoms with E-state index in [2.05, 4.69) is 0 Å². The van der Waals surface area contributed by atoms with Crippen LogP contribution in [0, 0.1) is 26.1 Å². The standard InChI is InChI=1S/C43H42N3O11P/c1-31(57-41(49)55-28-32-16-12-14-24-37(32)45(51)52)39-40(48)44(43(39,2)26-27-47)30-58(34-18-6-3-7-19-34,35-20-8-4-9-21-35,36-22-10-5-11-23-36)42(50)56-29-33-17-13-15-25-38(33)46(53)54/h3-25,31,39,47H,26-30H2,1-2H3/t31-,39?,43?/m1/s1. The molecule has 0 saturated carbocycles. The van der Waals surface area contributed by atoms with Crippen molar-refractivity contribution >= 4 is 51.7 Å². The van der Waals surface area contributed by atoms with Crippen molar-refractivity contribution in [1.82, 2.24) is 4.90 Å². The van der Waals surface area contributed by atoms with Gasteiger partial charge in [0, 0.05) is 0 Å². The number of aliphatic hydroxyl groups is 1. The second-order valence-electron chi connectivity index (χ2n) is 14.2. The number of nitro groups is 2. The van der Waals surface area contributed by atoms with Crippen LogP contribution in [-0.4, -0.2) is 62.2 Å². The van der Waals surface area contributed by atoms with Crippen LogP contribution in [0.25, 0.3) is 0 Å². The van der Waals surface area contributed by atoms with Crippen molar-refractivity contribution in [2.24, 2.45) is 5.92 Å². The molecule has 1 aliphatic heterocycles. The zero-order chi connectivity index (χ0) is 41.5. The van der Waals surface area contributed by atoms with E-state index in [9.17, 15) is 34.9 Å². The molecule has 6 rings (SSSR count). The van der Waals surface area contributed by atoms with E-state index in [-0.39, 0.29) is 41.8 Å². The number of hydrogen-bond acceptors (Lipinski definition) is 11. The molecule has 2 unspecified atom stereocenters. The van der Waals surface area contributed by atoms with E-state index in [0.717, 1.165) is 0 Å². The average Bonchev–Trinajstić information content (AvgIpc) is 3.24. The number of β-lactam (4-membered cyclic amide) rings is 1. The van der Waals surface area contributed by atoms with Gasteiger partial charge in [-0.2, -0.15) is 0 Å². The van der Waals surface area contributed by atoms with Crippen molar-refractivity contribution < 1.29 is 43.5 Å². The molecule has 1 saturated heterocycles. The van der Waals surface area contributed by atoms with Crippen molar-refractivity contribution in [2.45, 2.75) is 45.1 Å². The van der Waals surface area contributed by atoms with Crippen LogP contribution in [0.5, 0.6) is 0 Å². The number of para-hydroxylation sites is 2. The van der Waals surface area contributed by atoms with Crippen LogP contribution in [0.1, 0.15) is 31.4 Å². The number of ether oxygens (including phenoxy) is 3. The number of amides is 1. The third kappa shape index (κ3) is 7.16. The Bertz CT molecular complexity index is 2210. The fourth-order valence-electron chi connectivity index (χ4n) is 8.16. The van der Waals surface area contributed by atoms with Gasteiger partial charge in [0.1, 0.15) is 0 Å². The molecular weight excluding hydrogens is 765 g/mol. The Morgan fingerprint density at radius 1 is 0.724 bits per heavy atom. The molecule has 5 aromatic rings. The van der Waals surface area contributed by atoms with Crippen molar-refractivity contribution in [3.8, 4) is 0 Å². The summed E-state index contributed by atoms with van der Waals surface area (Å²) in [5, 5.41) is 35.6. The summed E-state index contributed by atoms with van der Waals surface area (Å²) >= 11 is 0. The Balaban J connectivity index is 1.44.